The molecule has 1 aromatic carbocycles. The largest absolute Gasteiger partial charge is 0.399 e. The SMILES string of the molecule is Cn1c(NC2CCCCC2)nc2cc(N)ccc21. The second-order valence-corrected chi connectivity index (χ2v) is 5.22. The zero-order valence-electron chi connectivity index (χ0n) is 10.8. The Morgan fingerprint density at radius 3 is 2.83 bits per heavy atom. The first-order chi connectivity index (χ1) is 8.74. The Labute approximate surface area is 107 Å². The Kier molecular flexibility index (Phi) is 2.86. The average Bonchev–Trinajstić information content (AvgIpc) is 2.67. The zero-order chi connectivity index (χ0) is 12.5. The van der Waals surface area contributed by atoms with Gasteiger partial charge in [0.2, 0.25) is 5.95 Å². The number of nitrogens with zero attached hydrogens (tertiary/aromatic N) is 2. The van der Waals surface area contributed by atoms with Gasteiger partial charge in [0.15, 0.2) is 0 Å². The van der Waals surface area contributed by atoms with Crippen molar-refractivity contribution in [2.45, 2.75) is 38.1 Å². The minimum absolute atomic E-state index is 0.576. The van der Waals surface area contributed by atoms with Crippen molar-refractivity contribution in [3.05, 3.63) is 18.2 Å². The highest BCUT2D eigenvalue weighted by atomic mass is 15.2. The molecule has 1 fully saturated rings. The molecule has 0 amide bonds. The van der Waals surface area contributed by atoms with Crippen LogP contribution in [0.4, 0.5) is 11.6 Å². The summed E-state index contributed by atoms with van der Waals surface area (Å²) >= 11 is 0. The number of nitrogens with two attached hydrogens (primary N) is 1. The first kappa shape index (κ1) is 11.4. The summed E-state index contributed by atoms with van der Waals surface area (Å²) in [5.74, 6) is 0.961. The molecule has 3 rings (SSSR count). The first-order valence-electron chi connectivity index (χ1n) is 6.72. The molecule has 0 saturated heterocycles. The normalized spacial score (nSPS) is 17.2. The smallest absolute Gasteiger partial charge is 0.203 e. The summed E-state index contributed by atoms with van der Waals surface area (Å²) in [5.41, 5.74) is 8.66. The summed E-state index contributed by atoms with van der Waals surface area (Å²) in [5, 5.41) is 3.57. The number of aryl methyl sites for hydroxylation is 1. The molecule has 0 unspecified atom stereocenters. The number of rotatable bonds is 2. The molecule has 18 heavy (non-hydrogen) atoms. The number of benzene rings is 1. The first-order valence-corrected chi connectivity index (χ1v) is 6.72. The van der Waals surface area contributed by atoms with Gasteiger partial charge in [0.1, 0.15) is 0 Å². The van der Waals surface area contributed by atoms with E-state index in [1.165, 1.54) is 32.1 Å². The molecule has 1 aliphatic rings. The van der Waals surface area contributed by atoms with Crippen LogP contribution in [-0.4, -0.2) is 15.6 Å². The molecule has 3 N–H and O–H groups in total. The second-order valence-electron chi connectivity index (χ2n) is 5.22. The van der Waals surface area contributed by atoms with Gasteiger partial charge >= 0.3 is 0 Å². The third kappa shape index (κ3) is 2.03. The molecule has 0 radical (unpaired) electrons. The van der Waals surface area contributed by atoms with E-state index in [2.05, 4.69) is 21.9 Å². The molecule has 1 aliphatic carbocycles. The highest BCUT2D eigenvalue weighted by molar-refractivity contribution is 5.81. The summed E-state index contributed by atoms with van der Waals surface area (Å²) in [7, 11) is 2.05. The number of hydrogen-bond donors (Lipinski definition) is 2. The molecule has 96 valence electrons. The van der Waals surface area contributed by atoms with Crippen molar-refractivity contribution in [3.63, 3.8) is 0 Å². The van der Waals surface area contributed by atoms with Crippen molar-refractivity contribution in [1.29, 1.82) is 0 Å². The summed E-state index contributed by atoms with van der Waals surface area (Å²) in [4.78, 5) is 4.64. The van der Waals surface area contributed by atoms with Crippen LogP contribution in [0.2, 0.25) is 0 Å². The van der Waals surface area contributed by atoms with Crippen molar-refractivity contribution < 1.29 is 0 Å². The molecule has 1 heterocycles. The van der Waals surface area contributed by atoms with Crippen LogP contribution in [0.15, 0.2) is 18.2 Å². The molecule has 0 bridgehead atoms. The van der Waals surface area contributed by atoms with Gasteiger partial charge < -0.3 is 15.6 Å². The zero-order valence-corrected chi connectivity index (χ0v) is 10.8. The molecule has 0 atom stereocenters. The Morgan fingerprint density at radius 2 is 2.06 bits per heavy atom. The van der Waals surface area contributed by atoms with Gasteiger partial charge in [-0.1, -0.05) is 19.3 Å². The number of nitrogens with one attached hydrogen (secondary N) is 1. The van der Waals surface area contributed by atoms with Crippen LogP contribution in [0.25, 0.3) is 11.0 Å². The minimum Gasteiger partial charge on any atom is -0.399 e. The van der Waals surface area contributed by atoms with E-state index in [0.29, 0.717) is 6.04 Å². The fraction of sp³-hybridized carbons (Fsp3) is 0.500. The molecule has 4 nitrogen and oxygen atoms in total. The molecule has 2 aromatic rings. The number of aromatic nitrogens is 2. The van der Waals surface area contributed by atoms with E-state index in [-0.39, 0.29) is 0 Å². The quantitative estimate of drug-likeness (QED) is 0.799. The predicted octanol–water partition coefficient (Wildman–Crippen LogP) is 2.90. The van der Waals surface area contributed by atoms with E-state index in [1.807, 2.05) is 18.2 Å². The van der Waals surface area contributed by atoms with Crippen LogP contribution in [0, 0.1) is 0 Å². The van der Waals surface area contributed by atoms with Gasteiger partial charge in [0, 0.05) is 18.8 Å². The van der Waals surface area contributed by atoms with E-state index in [0.717, 1.165) is 22.7 Å². The van der Waals surface area contributed by atoms with Crippen molar-refractivity contribution in [2.75, 3.05) is 11.1 Å². The fourth-order valence-corrected chi connectivity index (χ4v) is 2.78. The predicted molar refractivity (Wildman–Crippen MR) is 75.6 cm³/mol. The standard InChI is InChI=1S/C14H20N4/c1-18-13-8-7-10(15)9-12(13)17-14(18)16-11-5-3-2-4-6-11/h7-9,11H,2-6,15H2,1H3,(H,16,17). The van der Waals surface area contributed by atoms with E-state index in [9.17, 15) is 0 Å². The maximum atomic E-state index is 5.80. The van der Waals surface area contributed by atoms with Crippen molar-refractivity contribution in [1.82, 2.24) is 9.55 Å². The van der Waals surface area contributed by atoms with Crippen molar-refractivity contribution in [3.8, 4) is 0 Å². The second kappa shape index (κ2) is 4.52. The number of anilines is 2. The lowest BCUT2D eigenvalue weighted by Gasteiger charge is -2.23. The summed E-state index contributed by atoms with van der Waals surface area (Å²) in [6.45, 7) is 0. The highest BCUT2D eigenvalue weighted by Gasteiger charge is 2.16. The number of hydrogen-bond acceptors (Lipinski definition) is 3. The van der Waals surface area contributed by atoms with Crippen LogP contribution in [0.3, 0.4) is 0 Å². The van der Waals surface area contributed by atoms with E-state index in [4.69, 9.17) is 5.73 Å². The Bertz CT molecular complexity index is 552. The number of nitrogen functional groups attached to an aromatic ring is 1. The van der Waals surface area contributed by atoms with Crippen LogP contribution in [-0.2, 0) is 7.05 Å². The van der Waals surface area contributed by atoms with Gasteiger partial charge in [0.05, 0.1) is 11.0 Å². The lowest BCUT2D eigenvalue weighted by atomic mass is 9.96. The Morgan fingerprint density at radius 1 is 1.28 bits per heavy atom. The van der Waals surface area contributed by atoms with Gasteiger partial charge in [0.25, 0.3) is 0 Å². The molecule has 0 aliphatic heterocycles. The van der Waals surface area contributed by atoms with E-state index >= 15 is 0 Å². The van der Waals surface area contributed by atoms with E-state index in [1.54, 1.807) is 0 Å². The maximum absolute atomic E-state index is 5.80. The van der Waals surface area contributed by atoms with Gasteiger partial charge in [-0.15, -0.1) is 0 Å². The van der Waals surface area contributed by atoms with Crippen molar-refractivity contribution in [2.24, 2.45) is 7.05 Å². The average molecular weight is 244 g/mol. The van der Waals surface area contributed by atoms with Crippen LogP contribution in [0.5, 0.6) is 0 Å². The Hall–Kier alpha value is -1.71. The summed E-state index contributed by atoms with van der Waals surface area (Å²) in [6.07, 6.45) is 6.54. The van der Waals surface area contributed by atoms with Gasteiger partial charge in [-0.3, -0.25) is 0 Å². The summed E-state index contributed by atoms with van der Waals surface area (Å²) < 4.78 is 2.11. The highest BCUT2D eigenvalue weighted by Crippen LogP contribution is 2.24. The van der Waals surface area contributed by atoms with Crippen LogP contribution in [0.1, 0.15) is 32.1 Å². The third-order valence-corrected chi connectivity index (χ3v) is 3.84. The lowest BCUT2D eigenvalue weighted by Crippen LogP contribution is -2.23. The molecule has 1 saturated carbocycles. The van der Waals surface area contributed by atoms with E-state index < -0.39 is 0 Å². The van der Waals surface area contributed by atoms with Gasteiger partial charge in [-0.25, -0.2) is 4.98 Å². The molecule has 0 spiro atoms. The molecule has 1 aromatic heterocycles. The molecular weight excluding hydrogens is 224 g/mol. The fourth-order valence-electron chi connectivity index (χ4n) is 2.78. The number of fused-ring (bicyclic) bond motifs is 1. The minimum atomic E-state index is 0.576. The number of imidazole rings is 1. The lowest BCUT2D eigenvalue weighted by molar-refractivity contribution is 0.460. The van der Waals surface area contributed by atoms with Gasteiger partial charge in [-0.2, -0.15) is 0 Å². The van der Waals surface area contributed by atoms with Gasteiger partial charge in [-0.05, 0) is 31.0 Å². The molecular formula is C14H20N4. The van der Waals surface area contributed by atoms with Crippen molar-refractivity contribution >= 4 is 22.7 Å². The van der Waals surface area contributed by atoms with Crippen LogP contribution < -0.4 is 11.1 Å². The third-order valence-electron chi connectivity index (χ3n) is 3.84. The monoisotopic (exact) mass is 244 g/mol. The van der Waals surface area contributed by atoms with Crippen LogP contribution >= 0.6 is 0 Å². The Balaban J connectivity index is 1.89. The maximum Gasteiger partial charge on any atom is 0.203 e. The summed E-state index contributed by atoms with van der Waals surface area (Å²) in [6, 6.07) is 6.46. The molecule has 4 heteroatoms. The topological polar surface area (TPSA) is 55.9 Å².